The maximum absolute atomic E-state index is 12.8. The molecule has 0 fully saturated rings. The molecule has 2 aromatic carbocycles. The molecule has 154 valence electrons. The van der Waals surface area contributed by atoms with Crippen LogP contribution in [-0.4, -0.2) is 55.9 Å². The van der Waals surface area contributed by atoms with E-state index in [4.69, 9.17) is 4.74 Å². The fraction of sp³-hybridized carbons (Fsp3) is 0.300. The Balaban J connectivity index is 2.16. The third-order valence-electron chi connectivity index (χ3n) is 4.26. The lowest BCUT2D eigenvalue weighted by Gasteiger charge is -2.21. The number of anilines is 2. The van der Waals surface area contributed by atoms with E-state index in [0.717, 1.165) is 0 Å². The van der Waals surface area contributed by atoms with Gasteiger partial charge in [-0.1, -0.05) is 6.07 Å². The van der Waals surface area contributed by atoms with Crippen molar-refractivity contribution in [1.29, 1.82) is 0 Å². The van der Waals surface area contributed by atoms with Crippen LogP contribution in [0.15, 0.2) is 42.5 Å². The van der Waals surface area contributed by atoms with Gasteiger partial charge in [-0.3, -0.25) is 19.7 Å². The zero-order valence-corrected chi connectivity index (χ0v) is 16.8. The first-order valence-corrected chi connectivity index (χ1v) is 8.95. The number of amides is 2. The standard InChI is InChI=1S/C20H24N4O5/c1-5-23(13-19(25)21-15-7-6-8-16(12-15)29-4)20(26)14-9-10-17(22(2)3)18(11-14)24(27)28/h6-12H,5,13H2,1-4H3,(H,21,25). The van der Waals surface area contributed by atoms with Crippen LogP contribution >= 0.6 is 0 Å². The van der Waals surface area contributed by atoms with Crippen molar-refractivity contribution in [1.82, 2.24) is 4.90 Å². The molecular weight excluding hydrogens is 376 g/mol. The van der Waals surface area contributed by atoms with Crippen molar-refractivity contribution in [2.45, 2.75) is 6.92 Å². The fourth-order valence-electron chi connectivity index (χ4n) is 2.77. The molecule has 0 radical (unpaired) electrons. The van der Waals surface area contributed by atoms with Gasteiger partial charge in [-0.05, 0) is 31.2 Å². The summed E-state index contributed by atoms with van der Waals surface area (Å²) in [5.41, 5.74) is 0.922. The summed E-state index contributed by atoms with van der Waals surface area (Å²) in [7, 11) is 4.90. The SMILES string of the molecule is CCN(CC(=O)Nc1cccc(OC)c1)C(=O)c1ccc(N(C)C)c([N+](=O)[O-])c1. The van der Waals surface area contributed by atoms with Crippen LogP contribution < -0.4 is 15.0 Å². The van der Waals surface area contributed by atoms with Gasteiger partial charge in [0.2, 0.25) is 5.91 Å². The number of nitrogens with one attached hydrogen (secondary N) is 1. The molecule has 0 saturated carbocycles. The van der Waals surface area contributed by atoms with E-state index in [2.05, 4.69) is 5.32 Å². The Morgan fingerprint density at radius 2 is 1.90 bits per heavy atom. The predicted octanol–water partition coefficient (Wildman–Crippen LogP) is 2.77. The molecule has 1 N–H and O–H groups in total. The Labute approximate surface area is 169 Å². The highest BCUT2D eigenvalue weighted by Gasteiger charge is 2.22. The van der Waals surface area contributed by atoms with Gasteiger partial charge in [0.15, 0.2) is 0 Å². The average Bonchev–Trinajstić information content (AvgIpc) is 2.70. The predicted molar refractivity (Wildman–Crippen MR) is 111 cm³/mol. The molecule has 0 spiro atoms. The number of hydrogen-bond acceptors (Lipinski definition) is 6. The maximum atomic E-state index is 12.8. The molecule has 29 heavy (non-hydrogen) atoms. The van der Waals surface area contributed by atoms with Crippen LogP contribution in [0.5, 0.6) is 5.75 Å². The lowest BCUT2D eigenvalue weighted by Crippen LogP contribution is -2.37. The second-order valence-electron chi connectivity index (χ2n) is 6.45. The number of nitro benzene ring substituents is 1. The molecule has 0 atom stereocenters. The van der Waals surface area contributed by atoms with Crippen LogP contribution in [0.1, 0.15) is 17.3 Å². The molecular formula is C20H24N4O5. The maximum Gasteiger partial charge on any atom is 0.293 e. The van der Waals surface area contributed by atoms with Gasteiger partial charge in [0.25, 0.3) is 11.6 Å². The highest BCUT2D eigenvalue weighted by atomic mass is 16.6. The van der Waals surface area contributed by atoms with Crippen LogP contribution in [-0.2, 0) is 4.79 Å². The number of nitrogens with zero attached hydrogens (tertiary/aromatic N) is 3. The van der Waals surface area contributed by atoms with Crippen LogP contribution in [0.2, 0.25) is 0 Å². The number of likely N-dealkylation sites (N-methyl/N-ethyl adjacent to an activating group) is 1. The number of benzene rings is 2. The van der Waals surface area contributed by atoms with Crippen molar-refractivity contribution in [2.24, 2.45) is 0 Å². The van der Waals surface area contributed by atoms with Crippen LogP contribution in [0.3, 0.4) is 0 Å². The van der Waals surface area contributed by atoms with Crippen molar-refractivity contribution in [3.8, 4) is 5.75 Å². The molecule has 2 amide bonds. The molecule has 9 nitrogen and oxygen atoms in total. The molecule has 0 unspecified atom stereocenters. The second-order valence-corrected chi connectivity index (χ2v) is 6.45. The fourth-order valence-corrected chi connectivity index (χ4v) is 2.77. The second kappa shape index (κ2) is 9.54. The summed E-state index contributed by atoms with van der Waals surface area (Å²) in [6.45, 7) is 1.82. The molecule has 2 aromatic rings. The molecule has 0 bridgehead atoms. The third-order valence-corrected chi connectivity index (χ3v) is 4.26. The van der Waals surface area contributed by atoms with Crippen molar-refractivity contribution in [3.63, 3.8) is 0 Å². The highest BCUT2D eigenvalue weighted by molar-refractivity contribution is 6.00. The van der Waals surface area contributed by atoms with Gasteiger partial charge in [-0.25, -0.2) is 0 Å². The van der Waals surface area contributed by atoms with E-state index < -0.39 is 10.8 Å². The van der Waals surface area contributed by atoms with Crippen LogP contribution in [0.25, 0.3) is 0 Å². The number of rotatable bonds is 8. The van der Waals surface area contributed by atoms with Gasteiger partial charge < -0.3 is 19.9 Å². The summed E-state index contributed by atoms with van der Waals surface area (Å²) in [5, 5.41) is 14.1. The monoisotopic (exact) mass is 400 g/mol. The normalized spacial score (nSPS) is 10.2. The quantitative estimate of drug-likeness (QED) is 0.540. The first kappa shape index (κ1) is 21.7. The van der Waals surface area contributed by atoms with Crippen molar-refractivity contribution in [3.05, 3.63) is 58.1 Å². The minimum Gasteiger partial charge on any atom is -0.497 e. The van der Waals surface area contributed by atoms with Gasteiger partial charge in [-0.15, -0.1) is 0 Å². The molecule has 0 aliphatic rings. The smallest absolute Gasteiger partial charge is 0.293 e. The van der Waals surface area contributed by atoms with E-state index in [1.165, 1.54) is 30.2 Å². The van der Waals surface area contributed by atoms with Crippen molar-refractivity contribution in [2.75, 3.05) is 44.5 Å². The Kier molecular flexibility index (Phi) is 7.13. The number of methoxy groups -OCH3 is 1. The van der Waals surface area contributed by atoms with Gasteiger partial charge in [0.05, 0.1) is 12.0 Å². The number of carbonyl (C=O) groups is 2. The van der Waals surface area contributed by atoms with Crippen molar-refractivity contribution >= 4 is 28.9 Å². The summed E-state index contributed by atoms with van der Waals surface area (Å²) < 4.78 is 5.12. The Morgan fingerprint density at radius 1 is 1.17 bits per heavy atom. The van der Waals surface area contributed by atoms with E-state index in [0.29, 0.717) is 17.1 Å². The van der Waals surface area contributed by atoms with Crippen LogP contribution in [0, 0.1) is 10.1 Å². The zero-order chi connectivity index (χ0) is 21.6. The summed E-state index contributed by atoms with van der Waals surface area (Å²) in [4.78, 5) is 38.9. The minimum atomic E-state index is -0.530. The van der Waals surface area contributed by atoms with Crippen molar-refractivity contribution < 1.29 is 19.2 Å². The summed E-state index contributed by atoms with van der Waals surface area (Å²) in [6.07, 6.45) is 0. The van der Waals surface area contributed by atoms with E-state index in [1.54, 1.807) is 50.2 Å². The lowest BCUT2D eigenvalue weighted by atomic mass is 10.1. The van der Waals surface area contributed by atoms with Gasteiger partial charge in [-0.2, -0.15) is 0 Å². The van der Waals surface area contributed by atoms with E-state index in [-0.39, 0.29) is 30.2 Å². The molecule has 0 heterocycles. The summed E-state index contributed by atoms with van der Waals surface area (Å²) >= 11 is 0. The molecule has 2 rings (SSSR count). The number of ether oxygens (including phenoxy) is 1. The highest BCUT2D eigenvalue weighted by Crippen LogP contribution is 2.28. The first-order valence-electron chi connectivity index (χ1n) is 8.95. The Hall–Kier alpha value is -3.62. The third kappa shape index (κ3) is 5.44. The Bertz CT molecular complexity index is 913. The van der Waals surface area contributed by atoms with E-state index in [1.807, 2.05) is 0 Å². The first-order chi connectivity index (χ1) is 13.8. The number of nitro groups is 1. The van der Waals surface area contributed by atoms with Gasteiger partial charge in [0.1, 0.15) is 18.0 Å². The van der Waals surface area contributed by atoms with E-state index in [9.17, 15) is 19.7 Å². The number of carbonyl (C=O) groups excluding carboxylic acids is 2. The molecule has 9 heteroatoms. The number of hydrogen-bond donors (Lipinski definition) is 1. The summed E-state index contributed by atoms with van der Waals surface area (Å²) in [5.74, 6) is -0.242. The Morgan fingerprint density at radius 3 is 2.48 bits per heavy atom. The lowest BCUT2D eigenvalue weighted by molar-refractivity contribution is -0.384. The summed E-state index contributed by atoms with van der Waals surface area (Å²) in [6, 6.07) is 11.1. The molecule has 0 aliphatic carbocycles. The largest absolute Gasteiger partial charge is 0.497 e. The van der Waals surface area contributed by atoms with Gasteiger partial charge in [0, 0.05) is 44.0 Å². The zero-order valence-electron chi connectivity index (χ0n) is 16.8. The molecule has 0 aromatic heterocycles. The average molecular weight is 400 g/mol. The molecule has 0 aliphatic heterocycles. The van der Waals surface area contributed by atoms with Crippen LogP contribution in [0.4, 0.5) is 17.1 Å². The minimum absolute atomic E-state index is 0.151. The van der Waals surface area contributed by atoms with Gasteiger partial charge >= 0.3 is 0 Å². The molecule has 0 saturated heterocycles. The van der Waals surface area contributed by atoms with E-state index >= 15 is 0 Å². The topological polar surface area (TPSA) is 105 Å².